The topological polar surface area (TPSA) is 41.5 Å². The molecule has 0 unspecified atom stereocenters. The number of fused-ring (bicyclic) bond motifs is 1. The van der Waals surface area contributed by atoms with Crippen molar-refractivity contribution in [3.8, 4) is 0 Å². The van der Waals surface area contributed by atoms with Gasteiger partial charge in [-0.25, -0.2) is 0 Å². The van der Waals surface area contributed by atoms with Crippen LogP contribution in [0.1, 0.15) is 11.1 Å². The Balaban J connectivity index is 2.26. The molecule has 22 heavy (non-hydrogen) atoms. The lowest BCUT2D eigenvalue weighted by Gasteiger charge is -2.26. The number of likely N-dealkylation sites (N-methyl/N-ethyl adjacent to an activating group) is 1. The number of amides is 1. The molecule has 3 rings (SSSR count). The van der Waals surface area contributed by atoms with E-state index in [1.165, 1.54) is 0 Å². The number of benzene rings is 2. The van der Waals surface area contributed by atoms with E-state index < -0.39 is 0 Å². The third-order valence-corrected chi connectivity index (χ3v) is 3.69. The highest BCUT2D eigenvalue weighted by molar-refractivity contribution is 6.31. The quantitative estimate of drug-likeness (QED) is 0.807. The normalized spacial score (nSPS) is 19.2. The number of rotatable bonds is 1. The molecule has 1 amide bonds. The molecule has 2 aromatic carbocycles. The molecule has 0 saturated carbocycles. The summed E-state index contributed by atoms with van der Waals surface area (Å²) in [7, 11) is 3.80. The maximum atomic E-state index is 12.1. The van der Waals surface area contributed by atoms with Crippen LogP contribution in [0.2, 0.25) is 5.02 Å². The highest BCUT2D eigenvalue weighted by Gasteiger charge is 2.27. The van der Waals surface area contributed by atoms with Crippen LogP contribution in [-0.4, -0.2) is 36.9 Å². The first-order valence-corrected chi connectivity index (χ1v) is 7.41. The summed E-state index contributed by atoms with van der Waals surface area (Å²) in [5.41, 5.74) is 3.38. The number of quaternary nitrogens is 1. The number of hydrogen-bond acceptors (Lipinski definition) is 2. The van der Waals surface area contributed by atoms with E-state index in [9.17, 15) is 4.79 Å². The second kappa shape index (κ2) is 5.55. The largest absolute Gasteiger partial charge is 0.320 e. The Labute approximate surface area is 134 Å². The van der Waals surface area contributed by atoms with E-state index in [2.05, 4.69) is 5.32 Å². The third kappa shape index (κ3) is 3.03. The van der Waals surface area contributed by atoms with E-state index in [4.69, 9.17) is 16.7 Å². The Hall–Kier alpha value is -2.17. The van der Waals surface area contributed by atoms with Gasteiger partial charge in [0.1, 0.15) is 5.71 Å². The van der Waals surface area contributed by atoms with Crippen molar-refractivity contribution in [3.63, 3.8) is 0 Å². The molecule has 1 N–H and O–H groups in total. The minimum atomic E-state index is -0.0653. The Morgan fingerprint density at radius 1 is 1.14 bits per heavy atom. The van der Waals surface area contributed by atoms with Gasteiger partial charge in [0.25, 0.3) is 5.91 Å². The molecule has 0 bridgehead atoms. The maximum absolute atomic E-state index is 12.1. The molecular weight excluding hydrogens is 298 g/mol. The lowest BCUT2D eigenvalue weighted by molar-refractivity contribution is -0.888. The van der Waals surface area contributed by atoms with Gasteiger partial charge in [-0.15, -0.1) is 0 Å². The van der Waals surface area contributed by atoms with Crippen LogP contribution in [0.5, 0.6) is 0 Å². The third-order valence-electron chi connectivity index (χ3n) is 3.46. The van der Waals surface area contributed by atoms with Crippen molar-refractivity contribution in [3.05, 3.63) is 64.7 Å². The fourth-order valence-electron chi connectivity index (χ4n) is 2.53. The number of nitrogens with one attached hydrogen (secondary N) is 1. The summed E-state index contributed by atoms with van der Waals surface area (Å²) in [5, 5.41) is 8.37. The molecular formula is C17H17ClN3O+. The average molecular weight is 315 g/mol. The van der Waals surface area contributed by atoms with Crippen LogP contribution in [0, 0.1) is 0 Å². The van der Waals surface area contributed by atoms with Crippen LogP contribution in [-0.2, 0) is 4.79 Å². The number of halogens is 1. The van der Waals surface area contributed by atoms with Gasteiger partial charge in [-0.1, -0.05) is 47.0 Å². The van der Waals surface area contributed by atoms with E-state index in [1.54, 1.807) is 6.07 Å². The van der Waals surface area contributed by atoms with Crippen LogP contribution in [0.4, 0.5) is 5.69 Å². The first-order chi connectivity index (χ1) is 10.4. The highest BCUT2D eigenvalue weighted by atomic mass is 35.5. The van der Waals surface area contributed by atoms with Crippen molar-refractivity contribution in [2.24, 2.45) is 5.10 Å². The monoisotopic (exact) mass is 314 g/mol. The van der Waals surface area contributed by atoms with Crippen molar-refractivity contribution in [2.75, 3.05) is 26.0 Å². The lowest BCUT2D eigenvalue weighted by Crippen LogP contribution is -2.43. The molecule has 0 radical (unpaired) electrons. The molecule has 0 fully saturated rings. The van der Waals surface area contributed by atoms with Gasteiger partial charge in [0.15, 0.2) is 6.54 Å². The van der Waals surface area contributed by atoms with Crippen LogP contribution in [0.25, 0.3) is 0 Å². The lowest BCUT2D eigenvalue weighted by atomic mass is 10.00. The van der Waals surface area contributed by atoms with E-state index in [1.807, 2.05) is 56.6 Å². The van der Waals surface area contributed by atoms with Gasteiger partial charge in [-0.05, 0) is 18.2 Å². The van der Waals surface area contributed by atoms with Crippen LogP contribution in [0.3, 0.4) is 0 Å². The first-order valence-electron chi connectivity index (χ1n) is 7.03. The molecule has 1 aliphatic rings. The van der Waals surface area contributed by atoms with Crippen molar-refractivity contribution in [2.45, 2.75) is 0 Å². The molecule has 0 aromatic heterocycles. The summed E-state index contributed by atoms with van der Waals surface area (Å²) in [5.74, 6) is -0.0653. The highest BCUT2D eigenvalue weighted by Crippen LogP contribution is 2.26. The first kappa shape index (κ1) is 14.8. The van der Waals surface area contributed by atoms with E-state index in [0.717, 1.165) is 22.5 Å². The van der Waals surface area contributed by atoms with Gasteiger partial charge in [-0.3, -0.25) is 4.79 Å². The van der Waals surface area contributed by atoms with Crippen molar-refractivity contribution in [1.82, 2.24) is 0 Å². The number of carbonyl (C=O) groups is 1. The number of carbonyl (C=O) groups excluding carboxylic acids is 1. The van der Waals surface area contributed by atoms with E-state index in [0.29, 0.717) is 5.02 Å². The summed E-state index contributed by atoms with van der Waals surface area (Å²) in [6, 6.07) is 15.4. The summed E-state index contributed by atoms with van der Waals surface area (Å²) in [6.07, 6.45) is 0. The fraction of sp³-hybridized carbons (Fsp3) is 0.176. The van der Waals surface area contributed by atoms with E-state index >= 15 is 0 Å². The zero-order chi connectivity index (χ0) is 15.7. The predicted octanol–water partition coefficient (Wildman–Crippen LogP) is 3.12. The van der Waals surface area contributed by atoms with Crippen LogP contribution >= 0.6 is 11.6 Å². The molecule has 2 aromatic rings. The molecule has 0 atom stereocenters. The Kier molecular flexibility index (Phi) is 3.72. The summed E-state index contributed by atoms with van der Waals surface area (Å²) < 4.78 is 0.224. The molecule has 1 heterocycles. The van der Waals surface area contributed by atoms with Gasteiger partial charge in [-0.2, -0.15) is 4.59 Å². The molecule has 0 spiro atoms. The van der Waals surface area contributed by atoms with Gasteiger partial charge >= 0.3 is 0 Å². The minimum absolute atomic E-state index is 0.0653. The van der Waals surface area contributed by atoms with Gasteiger partial charge in [0.2, 0.25) is 0 Å². The smallest absolute Gasteiger partial charge is 0.282 e. The average Bonchev–Trinajstić information content (AvgIpc) is 2.46. The number of hydrogen-bond donors (Lipinski definition) is 1. The molecule has 5 heteroatoms. The van der Waals surface area contributed by atoms with Crippen LogP contribution < -0.4 is 5.32 Å². The summed E-state index contributed by atoms with van der Waals surface area (Å²) in [6.45, 7) is 0.276. The van der Waals surface area contributed by atoms with Crippen molar-refractivity contribution >= 4 is 28.9 Å². The zero-order valence-corrected chi connectivity index (χ0v) is 13.3. The summed E-state index contributed by atoms with van der Waals surface area (Å²) in [4.78, 5) is 12.1. The number of nitrogens with zero attached hydrogens (tertiary/aromatic N) is 2. The molecule has 4 nitrogen and oxygen atoms in total. The number of anilines is 1. The Morgan fingerprint density at radius 3 is 2.59 bits per heavy atom. The minimum Gasteiger partial charge on any atom is -0.320 e. The van der Waals surface area contributed by atoms with Gasteiger partial charge in [0.05, 0.1) is 19.8 Å². The molecule has 112 valence electrons. The molecule has 1 aliphatic heterocycles. The van der Waals surface area contributed by atoms with Crippen molar-refractivity contribution < 1.29 is 9.39 Å². The predicted molar refractivity (Wildman–Crippen MR) is 89.1 cm³/mol. The maximum Gasteiger partial charge on any atom is 0.282 e. The second-order valence-corrected chi connectivity index (χ2v) is 6.27. The second-order valence-electron chi connectivity index (χ2n) is 5.83. The summed E-state index contributed by atoms with van der Waals surface area (Å²) >= 11 is 6.16. The molecule has 0 saturated heterocycles. The zero-order valence-electron chi connectivity index (χ0n) is 12.5. The Bertz CT molecular complexity index is 754. The SMILES string of the molecule is C[N+]1(C)CC(=O)Nc2ccc(Cl)cc2/C(c2ccccc2)=N\1. The van der Waals surface area contributed by atoms with Gasteiger partial charge in [0, 0.05) is 16.1 Å². The molecule has 0 aliphatic carbocycles. The Morgan fingerprint density at radius 2 is 1.86 bits per heavy atom. The fourth-order valence-corrected chi connectivity index (χ4v) is 2.70. The standard InChI is InChI=1S/C17H16ClN3O/c1-21(2)11-16(22)19-15-9-8-13(18)10-14(15)17(20-21)12-6-4-3-5-7-12/h3-10H,11H2,1-2H3/p+1. The van der Waals surface area contributed by atoms with Crippen molar-refractivity contribution in [1.29, 1.82) is 0 Å². The van der Waals surface area contributed by atoms with Crippen LogP contribution in [0.15, 0.2) is 53.6 Å². The van der Waals surface area contributed by atoms with Gasteiger partial charge < -0.3 is 5.32 Å². The van der Waals surface area contributed by atoms with E-state index in [-0.39, 0.29) is 17.0 Å².